The summed E-state index contributed by atoms with van der Waals surface area (Å²) in [5, 5.41) is 21.6. The number of rotatable bonds is 5. The highest BCUT2D eigenvalue weighted by Gasteiger charge is 2.34. The van der Waals surface area contributed by atoms with Gasteiger partial charge < -0.3 is 10.0 Å². The third-order valence-corrected chi connectivity index (χ3v) is 6.62. The Morgan fingerprint density at radius 3 is 2.56 bits per heavy atom. The Hall–Kier alpha value is -3.13. The highest BCUT2D eigenvalue weighted by molar-refractivity contribution is 6.33. The summed E-state index contributed by atoms with van der Waals surface area (Å²) in [5.74, 6) is 0. The van der Waals surface area contributed by atoms with E-state index in [0.29, 0.717) is 53.2 Å². The molecule has 1 fully saturated rings. The first-order valence-corrected chi connectivity index (χ1v) is 11.6. The van der Waals surface area contributed by atoms with Gasteiger partial charge in [-0.05, 0) is 48.9 Å². The van der Waals surface area contributed by atoms with Crippen LogP contribution < -0.4 is 4.90 Å². The van der Waals surface area contributed by atoms with E-state index in [4.69, 9.17) is 29.8 Å². The molecular formula is C26H23Cl2N5O. The van der Waals surface area contributed by atoms with Crippen molar-refractivity contribution in [1.29, 1.82) is 5.26 Å². The van der Waals surface area contributed by atoms with Gasteiger partial charge in [0, 0.05) is 37.4 Å². The number of pyridine rings is 1. The molecule has 0 saturated carbocycles. The van der Waals surface area contributed by atoms with Crippen molar-refractivity contribution in [2.24, 2.45) is 0 Å². The van der Waals surface area contributed by atoms with Crippen molar-refractivity contribution in [2.45, 2.75) is 18.6 Å². The molecule has 2 aromatic carbocycles. The summed E-state index contributed by atoms with van der Waals surface area (Å²) < 4.78 is 0. The maximum absolute atomic E-state index is 11.2. The van der Waals surface area contributed by atoms with Crippen molar-refractivity contribution in [2.75, 3.05) is 31.1 Å². The van der Waals surface area contributed by atoms with Crippen LogP contribution in [0.5, 0.6) is 0 Å². The minimum atomic E-state index is -1.18. The average molecular weight is 492 g/mol. The number of aliphatic hydroxyl groups is 1. The first kappa shape index (κ1) is 24.0. The standard InChI is InChI=1S/C26H23Cl2N5O/c1-26(34,25-10-8-21(30-2)15-31-25)17-32-11-12-33(23-9-3-18(14-29)13-22(23)28)24(16-32)19-4-6-20(27)7-5-19/h3-10,13,15,24,34H,11-12,16-17H2,1H3/t24-,26+/m0/s1. The Morgan fingerprint density at radius 2 is 1.94 bits per heavy atom. The van der Waals surface area contributed by atoms with Crippen LogP contribution in [0.2, 0.25) is 10.0 Å². The van der Waals surface area contributed by atoms with Gasteiger partial charge in [0.2, 0.25) is 5.69 Å². The van der Waals surface area contributed by atoms with Crippen LogP contribution in [0.25, 0.3) is 4.85 Å². The quantitative estimate of drug-likeness (QED) is 0.471. The minimum Gasteiger partial charge on any atom is -0.382 e. The molecule has 0 spiro atoms. The topological polar surface area (TPSA) is 67.8 Å². The average Bonchev–Trinajstić information content (AvgIpc) is 2.84. The number of nitrogens with zero attached hydrogens (tertiary/aromatic N) is 5. The van der Waals surface area contributed by atoms with Crippen molar-refractivity contribution < 1.29 is 5.11 Å². The summed E-state index contributed by atoms with van der Waals surface area (Å²) in [6.07, 6.45) is 1.48. The molecule has 0 amide bonds. The summed E-state index contributed by atoms with van der Waals surface area (Å²) in [4.78, 5) is 12.1. The van der Waals surface area contributed by atoms with Crippen LogP contribution in [0.1, 0.15) is 29.8 Å². The molecule has 8 heteroatoms. The summed E-state index contributed by atoms with van der Waals surface area (Å²) in [6, 6.07) is 18.6. The molecule has 1 aliphatic heterocycles. The maximum Gasteiger partial charge on any atom is 0.205 e. The monoisotopic (exact) mass is 491 g/mol. The summed E-state index contributed by atoms with van der Waals surface area (Å²) in [6.45, 7) is 11.3. The van der Waals surface area contributed by atoms with Gasteiger partial charge in [0.1, 0.15) is 5.60 Å². The number of hydrogen-bond donors (Lipinski definition) is 1. The highest BCUT2D eigenvalue weighted by atomic mass is 35.5. The van der Waals surface area contributed by atoms with Crippen molar-refractivity contribution in [3.8, 4) is 6.07 Å². The molecule has 172 valence electrons. The molecule has 3 aromatic rings. The molecule has 0 aliphatic carbocycles. The number of β-amino-alcohol motifs (C(OH)–C–C–N with tert-alkyl or cyclic N) is 1. The van der Waals surface area contributed by atoms with E-state index in [9.17, 15) is 10.4 Å². The zero-order valence-electron chi connectivity index (χ0n) is 18.6. The molecule has 6 nitrogen and oxygen atoms in total. The molecule has 34 heavy (non-hydrogen) atoms. The van der Waals surface area contributed by atoms with Gasteiger partial charge in [-0.25, -0.2) is 4.85 Å². The lowest BCUT2D eigenvalue weighted by molar-refractivity contribution is 0.00680. The number of aromatic nitrogens is 1. The lowest BCUT2D eigenvalue weighted by Crippen LogP contribution is -2.52. The summed E-state index contributed by atoms with van der Waals surface area (Å²) in [5.41, 5.74) is 2.25. The second-order valence-corrected chi connectivity index (χ2v) is 9.40. The van der Waals surface area contributed by atoms with Crippen LogP contribution in [0.3, 0.4) is 0 Å². The lowest BCUT2D eigenvalue weighted by Gasteiger charge is -2.45. The minimum absolute atomic E-state index is 0.0373. The van der Waals surface area contributed by atoms with E-state index in [2.05, 4.69) is 25.7 Å². The number of hydrogen-bond acceptors (Lipinski definition) is 5. The van der Waals surface area contributed by atoms with Gasteiger partial charge in [-0.15, -0.1) is 0 Å². The molecule has 4 rings (SSSR count). The molecule has 1 saturated heterocycles. The van der Waals surface area contributed by atoms with E-state index in [1.54, 1.807) is 31.2 Å². The Labute approximate surface area is 209 Å². The predicted octanol–water partition coefficient (Wildman–Crippen LogP) is 5.58. The zero-order chi connectivity index (χ0) is 24.3. The van der Waals surface area contributed by atoms with Crippen LogP contribution in [0, 0.1) is 17.9 Å². The van der Waals surface area contributed by atoms with Gasteiger partial charge in [0.15, 0.2) is 0 Å². The van der Waals surface area contributed by atoms with Crippen LogP contribution >= 0.6 is 23.2 Å². The zero-order valence-corrected chi connectivity index (χ0v) is 20.1. The van der Waals surface area contributed by atoms with E-state index in [1.165, 1.54) is 6.20 Å². The first-order valence-electron chi connectivity index (χ1n) is 10.8. The van der Waals surface area contributed by atoms with Crippen molar-refractivity contribution >= 4 is 34.6 Å². The number of nitriles is 1. The van der Waals surface area contributed by atoms with Gasteiger partial charge in [0.25, 0.3) is 0 Å². The SMILES string of the molecule is [C-]#[N+]c1ccc([C@](C)(O)CN2CCN(c3ccc(C#N)cc3Cl)[C@H](c3ccc(Cl)cc3)C2)nc1. The molecule has 0 bridgehead atoms. The molecule has 1 aromatic heterocycles. The molecule has 0 radical (unpaired) electrons. The third kappa shape index (κ3) is 5.17. The van der Waals surface area contributed by atoms with Crippen LogP contribution in [-0.4, -0.2) is 41.2 Å². The summed E-state index contributed by atoms with van der Waals surface area (Å²) in [7, 11) is 0. The lowest BCUT2D eigenvalue weighted by atomic mass is 9.97. The second kappa shape index (κ2) is 10.0. The van der Waals surface area contributed by atoms with Gasteiger partial charge in [-0.1, -0.05) is 41.4 Å². The van der Waals surface area contributed by atoms with Crippen molar-refractivity contribution in [3.05, 3.63) is 99.1 Å². The Bertz CT molecular complexity index is 1250. The number of benzene rings is 2. The van der Waals surface area contributed by atoms with E-state index in [-0.39, 0.29) is 6.04 Å². The van der Waals surface area contributed by atoms with Gasteiger partial charge in [-0.3, -0.25) is 9.88 Å². The van der Waals surface area contributed by atoms with Gasteiger partial charge in [0.05, 0.1) is 40.7 Å². The third-order valence-electron chi connectivity index (χ3n) is 6.07. The van der Waals surface area contributed by atoms with E-state index in [0.717, 1.165) is 11.3 Å². The fourth-order valence-corrected chi connectivity index (χ4v) is 4.75. The fourth-order valence-electron chi connectivity index (χ4n) is 4.34. The van der Waals surface area contributed by atoms with Gasteiger partial charge in [-0.2, -0.15) is 5.26 Å². The Morgan fingerprint density at radius 1 is 1.18 bits per heavy atom. The number of anilines is 1. The van der Waals surface area contributed by atoms with Crippen LogP contribution in [0.15, 0.2) is 60.8 Å². The van der Waals surface area contributed by atoms with E-state index < -0.39 is 5.60 Å². The largest absolute Gasteiger partial charge is 0.382 e. The Kier molecular flexibility index (Phi) is 7.07. The van der Waals surface area contributed by atoms with Crippen molar-refractivity contribution in [1.82, 2.24) is 9.88 Å². The number of halogens is 2. The molecule has 1 N–H and O–H groups in total. The Balaban J connectivity index is 1.61. The number of piperazine rings is 1. The van der Waals surface area contributed by atoms with Crippen LogP contribution in [-0.2, 0) is 5.60 Å². The molecule has 2 atom stereocenters. The second-order valence-electron chi connectivity index (χ2n) is 8.56. The molecule has 1 aliphatic rings. The molecule has 0 unspecified atom stereocenters. The first-order chi connectivity index (χ1) is 16.3. The van der Waals surface area contributed by atoms with Gasteiger partial charge >= 0.3 is 0 Å². The molecule has 2 heterocycles. The predicted molar refractivity (Wildman–Crippen MR) is 134 cm³/mol. The van der Waals surface area contributed by atoms with Crippen molar-refractivity contribution in [3.63, 3.8) is 0 Å². The van der Waals surface area contributed by atoms with Crippen LogP contribution in [0.4, 0.5) is 11.4 Å². The highest BCUT2D eigenvalue weighted by Crippen LogP contribution is 2.37. The molecular weight excluding hydrogens is 469 g/mol. The normalized spacial score (nSPS) is 18.1. The fraction of sp³-hybridized carbons (Fsp3) is 0.269. The maximum atomic E-state index is 11.2. The smallest absolute Gasteiger partial charge is 0.205 e. The van der Waals surface area contributed by atoms with E-state index >= 15 is 0 Å². The van der Waals surface area contributed by atoms with E-state index in [1.807, 2.05) is 30.3 Å². The summed E-state index contributed by atoms with van der Waals surface area (Å²) >= 11 is 12.7.